The van der Waals surface area contributed by atoms with Crippen molar-refractivity contribution in [1.29, 1.82) is 0 Å². The number of thioether (sulfide) groups is 1. The Labute approximate surface area is 142 Å². The van der Waals surface area contributed by atoms with Crippen LogP contribution in [0.1, 0.15) is 10.8 Å². The zero-order valence-electron chi connectivity index (χ0n) is 11.1. The molecule has 0 saturated carbocycles. The summed E-state index contributed by atoms with van der Waals surface area (Å²) in [5, 5.41) is 15.4. The molecule has 0 radical (unpaired) electrons. The minimum Gasteiger partial charge on any atom is -0.467 e. The second-order valence-corrected chi connectivity index (χ2v) is 5.64. The Hall–Kier alpha value is -0.810. The minimum absolute atomic E-state index is 0. The predicted octanol–water partition coefficient (Wildman–Crippen LogP) is 2.34. The second-order valence-electron chi connectivity index (χ2n) is 3.52. The second kappa shape index (κ2) is 9.19. The van der Waals surface area contributed by atoms with Crippen LogP contribution in [0.5, 0.6) is 0 Å². The number of nitrogens with one attached hydrogen (secondary N) is 2. The van der Waals surface area contributed by atoms with Crippen molar-refractivity contribution >= 4 is 53.0 Å². The van der Waals surface area contributed by atoms with Crippen molar-refractivity contribution in [2.24, 2.45) is 4.99 Å². The van der Waals surface area contributed by atoms with Gasteiger partial charge in [0.1, 0.15) is 10.8 Å². The van der Waals surface area contributed by atoms with E-state index in [9.17, 15) is 0 Å². The van der Waals surface area contributed by atoms with Crippen molar-refractivity contribution in [3.8, 4) is 0 Å². The summed E-state index contributed by atoms with van der Waals surface area (Å²) in [6, 6.07) is 3.77. The minimum atomic E-state index is 0. The van der Waals surface area contributed by atoms with Crippen LogP contribution < -0.4 is 10.6 Å². The third-order valence-electron chi connectivity index (χ3n) is 2.26. The zero-order chi connectivity index (χ0) is 13.5. The quantitative estimate of drug-likeness (QED) is 0.332. The first-order valence-electron chi connectivity index (χ1n) is 5.65. The number of guanidine groups is 1. The lowest BCUT2D eigenvalue weighted by atomic mass is 10.4. The Balaban J connectivity index is 0.00000200. The number of nitrogens with zero attached hydrogens (tertiary/aromatic N) is 3. The first-order valence-corrected chi connectivity index (χ1v) is 7.69. The molecule has 0 aromatic carbocycles. The van der Waals surface area contributed by atoms with Crippen LogP contribution in [-0.4, -0.2) is 29.5 Å². The normalized spacial score (nSPS) is 11.0. The van der Waals surface area contributed by atoms with E-state index in [0.29, 0.717) is 19.0 Å². The molecule has 0 bridgehead atoms. The summed E-state index contributed by atoms with van der Waals surface area (Å²) in [6.45, 7) is 1.20. The highest BCUT2D eigenvalue weighted by atomic mass is 127. The van der Waals surface area contributed by atoms with Gasteiger partial charge < -0.3 is 15.1 Å². The van der Waals surface area contributed by atoms with E-state index < -0.39 is 0 Å². The van der Waals surface area contributed by atoms with E-state index >= 15 is 0 Å². The van der Waals surface area contributed by atoms with Crippen LogP contribution in [0.4, 0.5) is 0 Å². The van der Waals surface area contributed by atoms with E-state index in [4.69, 9.17) is 4.42 Å². The zero-order valence-corrected chi connectivity index (χ0v) is 15.1. The van der Waals surface area contributed by atoms with Crippen LogP contribution in [-0.2, 0) is 13.1 Å². The fourth-order valence-corrected chi connectivity index (χ4v) is 2.61. The molecule has 2 rings (SSSR count). The fraction of sp³-hybridized carbons (Fsp3) is 0.364. The van der Waals surface area contributed by atoms with Gasteiger partial charge in [-0.2, -0.15) is 0 Å². The molecule has 0 aliphatic heterocycles. The first-order chi connectivity index (χ1) is 9.31. The third kappa shape index (κ3) is 5.29. The Bertz CT molecular complexity index is 529. The van der Waals surface area contributed by atoms with Crippen LogP contribution >= 0.6 is 47.1 Å². The van der Waals surface area contributed by atoms with Gasteiger partial charge in [-0.05, 0) is 18.4 Å². The molecule has 9 heteroatoms. The van der Waals surface area contributed by atoms with Crippen molar-refractivity contribution in [3.63, 3.8) is 0 Å². The topological polar surface area (TPSA) is 75.3 Å². The van der Waals surface area contributed by atoms with E-state index in [1.807, 2.05) is 18.4 Å². The summed E-state index contributed by atoms with van der Waals surface area (Å²) < 4.78 is 6.21. The van der Waals surface area contributed by atoms with Crippen LogP contribution in [0, 0.1) is 0 Å². The molecule has 0 saturated heterocycles. The van der Waals surface area contributed by atoms with E-state index in [2.05, 4.69) is 25.8 Å². The summed E-state index contributed by atoms with van der Waals surface area (Å²) in [5.74, 6) is 1.57. The molecule has 2 heterocycles. The Morgan fingerprint density at radius 3 is 2.80 bits per heavy atom. The fourth-order valence-electron chi connectivity index (χ4n) is 1.36. The Morgan fingerprint density at radius 2 is 2.20 bits per heavy atom. The van der Waals surface area contributed by atoms with Gasteiger partial charge in [0.15, 0.2) is 10.3 Å². The van der Waals surface area contributed by atoms with Gasteiger partial charge in [-0.15, -0.1) is 34.2 Å². The average Bonchev–Trinajstić information content (AvgIpc) is 3.10. The number of rotatable bonds is 5. The molecule has 6 nitrogen and oxygen atoms in total. The predicted molar refractivity (Wildman–Crippen MR) is 92.9 cm³/mol. The highest BCUT2D eigenvalue weighted by molar-refractivity contribution is 14.0. The van der Waals surface area contributed by atoms with Gasteiger partial charge in [0.25, 0.3) is 0 Å². The lowest BCUT2D eigenvalue weighted by Crippen LogP contribution is -2.36. The molecule has 0 aliphatic carbocycles. The molecule has 0 aliphatic rings. The third-order valence-corrected chi connectivity index (χ3v) is 4.16. The number of halogens is 1. The molecule has 0 spiro atoms. The summed E-state index contributed by atoms with van der Waals surface area (Å²) in [7, 11) is 1.73. The molecule has 2 N–H and O–H groups in total. The van der Waals surface area contributed by atoms with Crippen LogP contribution in [0.15, 0.2) is 32.1 Å². The number of hydrogen-bond donors (Lipinski definition) is 2. The van der Waals surface area contributed by atoms with Crippen LogP contribution in [0.25, 0.3) is 0 Å². The summed E-state index contributed by atoms with van der Waals surface area (Å²) in [4.78, 5) is 4.13. The SMILES string of the molecule is CN=C(NCc1ccco1)NCc1nnc(SC)s1.I. The number of aliphatic imine (C=N–C) groups is 1. The maximum Gasteiger partial charge on any atom is 0.191 e. The molecule has 0 fully saturated rings. The van der Waals surface area contributed by atoms with Gasteiger partial charge in [0.05, 0.1) is 19.4 Å². The highest BCUT2D eigenvalue weighted by Gasteiger charge is 2.04. The Kier molecular flexibility index (Phi) is 7.92. The van der Waals surface area contributed by atoms with Crippen molar-refractivity contribution in [2.75, 3.05) is 13.3 Å². The number of hydrogen-bond acceptors (Lipinski definition) is 6. The first kappa shape index (κ1) is 17.2. The van der Waals surface area contributed by atoms with E-state index in [1.54, 1.807) is 36.4 Å². The number of furan rings is 1. The van der Waals surface area contributed by atoms with Gasteiger partial charge in [-0.1, -0.05) is 23.1 Å². The van der Waals surface area contributed by atoms with Gasteiger partial charge in [0.2, 0.25) is 0 Å². The molecule has 110 valence electrons. The van der Waals surface area contributed by atoms with Crippen molar-refractivity contribution in [2.45, 2.75) is 17.4 Å². The van der Waals surface area contributed by atoms with Gasteiger partial charge in [-0.25, -0.2) is 0 Å². The Morgan fingerprint density at radius 1 is 1.40 bits per heavy atom. The van der Waals surface area contributed by atoms with E-state index in [-0.39, 0.29) is 24.0 Å². The summed E-state index contributed by atoms with van der Waals surface area (Å²) >= 11 is 3.18. The molecule has 0 atom stereocenters. The molecule has 20 heavy (non-hydrogen) atoms. The molecule has 2 aromatic rings. The van der Waals surface area contributed by atoms with Crippen molar-refractivity contribution in [1.82, 2.24) is 20.8 Å². The lowest BCUT2D eigenvalue weighted by molar-refractivity contribution is 0.501. The average molecular weight is 425 g/mol. The molecular formula is C11H16IN5OS2. The van der Waals surface area contributed by atoms with E-state index in [0.717, 1.165) is 15.1 Å². The maximum absolute atomic E-state index is 5.24. The number of aromatic nitrogens is 2. The van der Waals surface area contributed by atoms with Gasteiger partial charge in [-0.3, -0.25) is 4.99 Å². The molecule has 2 aromatic heterocycles. The maximum atomic E-state index is 5.24. The molecule has 0 unspecified atom stereocenters. The monoisotopic (exact) mass is 425 g/mol. The summed E-state index contributed by atoms with van der Waals surface area (Å²) in [6.07, 6.45) is 3.64. The molecular weight excluding hydrogens is 409 g/mol. The van der Waals surface area contributed by atoms with Crippen molar-refractivity contribution in [3.05, 3.63) is 29.2 Å². The molecule has 0 amide bonds. The smallest absolute Gasteiger partial charge is 0.191 e. The van der Waals surface area contributed by atoms with Crippen LogP contribution in [0.3, 0.4) is 0 Å². The van der Waals surface area contributed by atoms with Gasteiger partial charge >= 0.3 is 0 Å². The summed E-state index contributed by atoms with van der Waals surface area (Å²) in [5.41, 5.74) is 0. The van der Waals surface area contributed by atoms with Crippen LogP contribution in [0.2, 0.25) is 0 Å². The highest BCUT2D eigenvalue weighted by Crippen LogP contribution is 2.18. The van der Waals surface area contributed by atoms with Gasteiger partial charge in [0, 0.05) is 7.05 Å². The standard InChI is InChI=1S/C11H15N5OS2.HI/c1-12-10(13-6-8-4-3-5-17-8)14-7-9-15-16-11(18-2)19-9;/h3-5H,6-7H2,1-2H3,(H2,12,13,14);1H. The lowest BCUT2D eigenvalue weighted by Gasteiger charge is -2.09. The largest absolute Gasteiger partial charge is 0.467 e. The van der Waals surface area contributed by atoms with E-state index in [1.165, 1.54) is 0 Å². The van der Waals surface area contributed by atoms with Crippen molar-refractivity contribution < 1.29 is 4.42 Å².